The van der Waals surface area contributed by atoms with Crippen LogP contribution in [0.2, 0.25) is 0 Å². The zero-order chi connectivity index (χ0) is 21.3. The van der Waals surface area contributed by atoms with E-state index in [1.165, 1.54) is 96.3 Å². The molecule has 0 fully saturated rings. The summed E-state index contributed by atoms with van der Waals surface area (Å²) in [7, 11) is 0. The quantitative estimate of drug-likeness (QED) is 0.164. The van der Waals surface area contributed by atoms with Gasteiger partial charge in [-0.05, 0) is 31.1 Å². The normalized spacial score (nSPS) is 10.1. The van der Waals surface area contributed by atoms with Gasteiger partial charge >= 0.3 is 5.97 Å². The predicted octanol–water partition coefficient (Wildman–Crippen LogP) is 8.29. The molecule has 0 atom stereocenters. The summed E-state index contributed by atoms with van der Waals surface area (Å²) in [5.41, 5.74) is 0. The third-order valence-corrected chi connectivity index (χ3v) is 5.34. The van der Waals surface area contributed by atoms with Crippen molar-refractivity contribution in [3.8, 4) is 23.7 Å². The lowest BCUT2D eigenvalue weighted by molar-refractivity contribution is -0.137. The van der Waals surface area contributed by atoms with Gasteiger partial charge in [-0.2, -0.15) is 0 Å². The molecule has 29 heavy (non-hydrogen) atoms. The fraction of sp³-hybridized carbons (Fsp3) is 0.815. The molecule has 2 heteroatoms. The first-order chi connectivity index (χ1) is 14.3. The summed E-state index contributed by atoms with van der Waals surface area (Å²) in [5.74, 6) is 11.3. The third kappa shape index (κ3) is 26.6. The molecular formula is C27H46O2. The molecule has 0 radical (unpaired) electrons. The number of hydrogen-bond acceptors (Lipinski definition) is 1. The summed E-state index contributed by atoms with van der Waals surface area (Å²) < 4.78 is 0. The standard InChI is InChI=1S/C27H46O2/c1-2-3-4-5-6-7-8-9-10-11-12-13-14-15-16-17-18-19-20-21-22-23-24-25-26-27(28)29/h2-17,22-26H2,1H3,(H,28,29). The molecule has 0 aromatic rings. The Hall–Kier alpha value is -1.41. The molecule has 0 bridgehead atoms. The Bertz CT molecular complexity index is 472. The lowest BCUT2D eigenvalue weighted by atomic mass is 10.0. The maximum atomic E-state index is 10.4. The first-order valence-electron chi connectivity index (χ1n) is 12.4. The van der Waals surface area contributed by atoms with Gasteiger partial charge in [-0.15, -0.1) is 0 Å². The molecule has 0 aromatic carbocycles. The van der Waals surface area contributed by atoms with Crippen molar-refractivity contribution in [2.45, 2.75) is 142 Å². The van der Waals surface area contributed by atoms with Crippen molar-refractivity contribution in [2.75, 3.05) is 0 Å². The Morgan fingerprint density at radius 1 is 0.552 bits per heavy atom. The van der Waals surface area contributed by atoms with Crippen LogP contribution in [0.15, 0.2) is 0 Å². The maximum Gasteiger partial charge on any atom is 0.303 e. The van der Waals surface area contributed by atoms with E-state index in [1.54, 1.807) is 0 Å². The van der Waals surface area contributed by atoms with Gasteiger partial charge in [0.2, 0.25) is 0 Å². The third-order valence-electron chi connectivity index (χ3n) is 5.34. The summed E-state index contributed by atoms with van der Waals surface area (Å²) in [6.45, 7) is 2.28. The summed E-state index contributed by atoms with van der Waals surface area (Å²) >= 11 is 0. The minimum absolute atomic E-state index is 0.270. The highest BCUT2D eigenvalue weighted by Crippen LogP contribution is 2.13. The fourth-order valence-corrected chi connectivity index (χ4v) is 3.46. The zero-order valence-electron chi connectivity index (χ0n) is 19.2. The van der Waals surface area contributed by atoms with E-state index < -0.39 is 5.97 Å². The monoisotopic (exact) mass is 402 g/mol. The van der Waals surface area contributed by atoms with Crippen molar-refractivity contribution >= 4 is 5.97 Å². The van der Waals surface area contributed by atoms with Gasteiger partial charge in [-0.1, -0.05) is 115 Å². The van der Waals surface area contributed by atoms with Crippen LogP contribution < -0.4 is 0 Å². The molecule has 0 heterocycles. The molecule has 2 nitrogen and oxygen atoms in total. The second-order valence-electron chi connectivity index (χ2n) is 8.26. The average Bonchev–Trinajstić information content (AvgIpc) is 2.71. The molecule has 0 rings (SSSR count). The number of hydrogen-bond donors (Lipinski definition) is 1. The van der Waals surface area contributed by atoms with E-state index in [0.717, 1.165) is 32.1 Å². The molecule has 0 aliphatic rings. The number of carboxylic acids is 1. The van der Waals surface area contributed by atoms with E-state index in [0.29, 0.717) is 0 Å². The molecule has 166 valence electrons. The summed E-state index contributed by atoms with van der Waals surface area (Å²) in [5, 5.41) is 8.54. The fourth-order valence-electron chi connectivity index (χ4n) is 3.46. The molecule has 0 aromatic heterocycles. The van der Waals surface area contributed by atoms with Gasteiger partial charge < -0.3 is 5.11 Å². The minimum Gasteiger partial charge on any atom is -0.481 e. The van der Waals surface area contributed by atoms with Crippen LogP contribution in [0.3, 0.4) is 0 Å². The number of rotatable bonds is 20. The van der Waals surface area contributed by atoms with Crippen LogP contribution in [-0.2, 0) is 4.79 Å². The Labute approximate surface area is 181 Å². The molecule has 0 saturated heterocycles. The van der Waals surface area contributed by atoms with E-state index in [4.69, 9.17) is 5.11 Å². The van der Waals surface area contributed by atoms with Gasteiger partial charge in [0, 0.05) is 19.3 Å². The van der Waals surface area contributed by atoms with Crippen LogP contribution in [0.4, 0.5) is 0 Å². The Kier molecular flexibility index (Phi) is 23.4. The average molecular weight is 403 g/mol. The zero-order valence-corrected chi connectivity index (χ0v) is 19.2. The summed E-state index contributed by atoms with van der Waals surface area (Å²) in [4.78, 5) is 10.4. The van der Waals surface area contributed by atoms with Crippen molar-refractivity contribution < 1.29 is 9.90 Å². The molecule has 0 aliphatic carbocycles. The second-order valence-corrected chi connectivity index (χ2v) is 8.26. The highest BCUT2D eigenvalue weighted by Gasteiger charge is 1.95. The van der Waals surface area contributed by atoms with Crippen molar-refractivity contribution in [3.05, 3.63) is 0 Å². The van der Waals surface area contributed by atoms with E-state index in [-0.39, 0.29) is 6.42 Å². The molecule has 0 aliphatic heterocycles. The SMILES string of the molecule is CCCCCCCCCCCCCCCCCC#CC#CCCCCCC(=O)O. The Morgan fingerprint density at radius 3 is 1.28 bits per heavy atom. The first kappa shape index (κ1) is 27.6. The van der Waals surface area contributed by atoms with E-state index >= 15 is 0 Å². The highest BCUT2D eigenvalue weighted by molar-refractivity contribution is 5.66. The first-order valence-corrected chi connectivity index (χ1v) is 12.4. The largest absolute Gasteiger partial charge is 0.481 e. The van der Waals surface area contributed by atoms with Crippen molar-refractivity contribution in [1.82, 2.24) is 0 Å². The maximum absolute atomic E-state index is 10.4. The highest BCUT2D eigenvalue weighted by atomic mass is 16.4. The molecule has 0 spiro atoms. The molecular weight excluding hydrogens is 356 g/mol. The molecule has 0 amide bonds. The van der Waals surface area contributed by atoms with E-state index in [1.807, 2.05) is 0 Å². The van der Waals surface area contributed by atoms with Crippen molar-refractivity contribution in [3.63, 3.8) is 0 Å². The number of unbranched alkanes of at least 4 members (excludes halogenated alkanes) is 18. The van der Waals surface area contributed by atoms with Gasteiger partial charge in [0.15, 0.2) is 0 Å². The smallest absolute Gasteiger partial charge is 0.303 e. The van der Waals surface area contributed by atoms with Crippen LogP contribution in [0.5, 0.6) is 0 Å². The van der Waals surface area contributed by atoms with Crippen LogP contribution in [-0.4, -0.2) is 11.1 Å². The molecule has 0 unspecified atom stereocenters. The van der Waals surface area contributed by atoms with Gasteiger partial charge in [0.1, 0.15) is 0 Å². The van der Waals surface area contributed by atoms with Gasteiger partial charge in [0.25, 0.3) is 0 Å². The number of carboxylic acid groups (broad SMARTS) is 1. The molecule has 1 N–H and O–H groups in total. The summed E-state index contributed by atoms with van der Waals surface area (Å²) in [6.07, 6.45) is 25.6. The van der Waals surface area contributed by atoms with Gasteiger partial charge in [-0.3, -0.25) is 4.79 Å². The van der Waals surface area contributed by atoms with Crippen LogP contribution in [0.1, 0.15) is 142 Å². The summed E-state index contributed by atoms with van der Waals surface area (Å²) in [6, 6.07) is 0. The van der Waals surface area contributed by atoms with Crippen molar-refractivity contribution in [2.24, 2.45) is 0 Å². The lowest BCUT2D eigenvalue weighted by Crippen LogP contribution is -1.93. The van der Waals surface area contributed by atoms with E-state index in [9.17, 15) is 4.79 Å². The lowest BCUT2D eigenvalue weighted by Gasteiger charge is -2.03. The number of aliphatic carboxylic acids is 1. The Balaban J connectivity index is 3.20. The van der Waals surface area contributed by atoms with Gasteiger partial charge in [0.05, 0.1) is 0 Å². The number of carbonyl (C=O) groups is 1. The molecule has 0 saturated carbocycles. The van der Waals surface area contributed by atoms with Crippen LogP contribution in [0, 0.1) is 23.7 Å². The van der Waals surface area contributed by atoms with Crippen LogP contribution >= 0.6 is 0 Å². The van der Waals surface area contributed by atoms with Crippen LogP contribution in [0.25, 0.3) is 0 Å². The van der Waals surface area contributed by atoms with Gasteiger partial charge in [-0.25, -0.2) is 0 Å². The second kappa shape index (κ2) is 24.6. The minimum atomic E-state index is -0.708. The predicted molar refractivity (Wildman–Crippen MR) is 126 cm³/mol. The Morgan fingerprint density at radius 2 is 0.897 bits per heavy atom. The van der Waals surface area contributed by atoms with E-state index in [2.05, 4.69) is 30.6 Å². The topological polar surface area (TPSA) is 37.3 Å². The van der Waals surface area contributed by atoms with Crippen molar-refractivity contribution in [1.29, 1.82) is 0 Å².